The number of carbonyl (C=O) groups is 1. The Bertz CT molecular complexity index is 511. The summed E-state index contributed by atoms with van der Waals surface area (Å²) in [6.45, 7) is 2.53. The second kappa shape index (κ2) is 8.18. The zero-order valence-electron chi connectivity index (χ0n) is 11.9. The van der Waals surface area contributed by atoms with E-state index in [0.717, 1.165) is 10.5 Å². The Kier molecular flexibility index (Phi) is 6.53. The smallest absolute Gasteiger partial charge is 0.262 e. The second-order valence-electron chi connectivity index (χ2n) is 5.00. The molecule has 0 aliphatic carbocycles. The monoisotopic (exact) mass is 363 g/mol. The molecular formula is C15H18Cl3N2O2+. The van der Waals surface area contributed by atoms with E-state index >= 15 is 0 Å². The maximum absolute atomic E-state index is 12.1. The lowest BCUT2D eigenvalue weighted by Gasteiger charge is -2.34. The van der Waals surface area contributed by atoms with E-state index in [0.29, 0.717) is 26.3 Å². The lowest BCUT2D eigenvalue weighted by Crippen LogP contribution is -3.21. The number of halogens is 3. The van der Waals surface area contributed by atoms with Crippen LogP contribution in [0.3, 0.4) is 0 Å². The van der Waals surface area contributed by atoms with Crippen molar-refractivity contribution >= 4 is 46.8 Å². The van der Waals surface area contributed by atoms with Gasteiger partial charge in [-0.2, -0.15) is 0 Å². The van der Waals surface area contributed by atoms with Gasteiger partial charge in [-0.3, -0.25) is 10.1 Å². The van der Waals surface area contributed by atoms with Crippen molar-refractivity contribution in [2.75, 3.05) is 26.3 Å². The molecule has 4 nitrogen and oxygen atoms in total. The average molecular weight is 365 g/mol. The topological polar surface area (TPSA) is 42.8 Å². The molecule has 1 aliphatic heterocycles. The molecule has 1 aromatic carbocycles. The van der Waals surface area contributed by atoms with Gasteiger partial charge in [0.05, 0.1) is 13.2 Å². The first-order valence-corrected chi connectivity index (χ1v) is 8.13. The van der Waals surface area contributed by atoms with E-state index in [1.807, 2.05) is 30.3 Å². The number of amides is 1. The first kappa shape index (κ1) is 17.6. The summed E-state index contributed by atoms with van der Waals surface area (Å²) in [7, 11) is 0. The normalized spacial score (nSPS) is 18.3. The molecule has 0 radical (unpaired) electrons. The van der Waals surface area contributed by atoms with Crippen molar-refractivity contribution in [3.05, 3.63) is 42.0 Å². The number of ether oxygens (including phenoxy) is 1. The summed E-state index contributed by atoms with van der Waals surface area (Å²) >= 11 is 18.1. The van der Waals surface area contributed by atoms with Crippen LogP contribution in [0.15, 0.2) is 36.4 Å². The summed E-state index contributed by atoms with van der Waals surface area (Å²) in [5.74, 6) is -0.292. The zero-order chi connectivity index (χ0) is 16.0. The van der Waals surface area contributed by atoms with Gasteiger partial charge in [-0.05, 0) is 11.6 Å². The number of hydrogen-bond acceptors (Lipinski definition) is 2. The standard InChI is InChI=1S/C15H17Cl3N2O2/c16-15(17,18)14(20-8-10-22-11-9-20)19-13(21)7-6-12-4-2-1-3-5-12/h1-7,14H,8-11H2,(H,19,21)/p+1/b7-6-/t14-/m1/s1. The molecule has 2 rings (SSSR count). The fourth-order valence-corrected chi connectivity index (χ4v) is 2.89. The molecule has 1 heterocycles. The first-order valence-electron chi connectivity index (χ1n) is 6.99. The molecule has 0 bridgehead atoms. The highest BCUT2D eigenvalue weighted by Gasteiger charge is 2.42. The maximum Gasteiger partial charge on any atom is 0.262 e. The van der Waals surface area contributed by atoms with E-state index in [9.17, 15) is 4.79 Å². The van der Waals surface area contributed by atoms with Crippen LogP contribution in [0.5, 0.6) is 0 Å². The van der Waals surface area contributed by atoms with Crippen LogP contribution >= 0.6 is 34.8 Å². The SMILES string of the molecule is O=C(/C=C\c1ccccc1)N[C@H]([NH+]1CCOCC1)C(Cl)(Cl)Cl. The number of nitrogens with one attached hydrogen (secondary N) is 2. The summed E-state index contributed by atoms with van der Waals surface area (Å²) in [6, 6.07) is 9.53. The number of rotatable bonds is 4. The van der Waals surface area contributed by atoms with E-state index in [1.165, 1.54) is 6.08 Å². The van der Waals surface area contributed by atoms with Crippen molar-refractivity contribution in [3.63, 3.8) is 0 Å². The largest absolute Gasteiger partial charge is 0.370 e. The van der Waals surface area contributed by atoms with Gasteiger partial charge in [-0.1, -0.05) is 65.1 Å². The molecule has 22 heavy (non-hydrogen) atoms. The molecule has 0 spiro atoms. The highest BCUT2D eigenvalue weighted by atomic mass is 35.6. The number of alkyl halides is 3. The van der Waals surface area contributed by atoms with Crippen LogP contribution in [-0.2, 0) is 9.53 Å². The molecule has 1 aliphatic rings. The minimum Gasteiger partial charge on any atom is -0.370 e. The summed E-state index contributed by atoms with van der Waals surface area (Å²) in [6.07, 6.45) is 2.55. The van der Waals surface area contributed by atoms with E-state index in [2.05, 4.69) is 5.32 Å². The predicted molar refractivity (Wildman–Crippen MR) is 89.2 cm³/mol. The molecule has 0 aromatic heterocycles. The molecule has 1 fully saturated rings. The number of morpholine rings is 1. The Balaban J connectivity index is 2.00. The van der Waals surface area contributed by atoms with Gasteiger partial charge >= 0.3 is 0 Å². The van der Waals surface area contributed by atoms with Gasteiger partial charge in [-0.25, -0.2) is 0 Å². The highest BCUT2D eigenvalue weighted by molar-refractivity contribution is 6.68. The van der Waals surface area contributed by atoms with Crippen molar-refractivity contribution in [1.82, 2.24) is 5.32 Å². The zero-order valence-corrected chi connectivity index (χ0v) is 14.2. The Morgan fingerprint density at radius 1 is 1.23 bits per heavy atom. The molecular weight excluding hydrogens is 347 g/mol. The maximum atomic E-state index is 12.1. The van der Waals surface area contributed by atoms with Crippen LogP contribution < -0.4 is 10.2 Å². The third kappa shape index (κ3) is 5.45. The van der Waals surface area contributed by atoms with E-state index in [-0.39, 0.29) is 5.91 Å². The van der Waals surface area contributed by atoms with Crippen LogP contribution in [0.2, 0.25) is 0 Å². The van der Waals surface area contributed by atoms with Gasteiger partial charge in [-0.15, -0.1) is 0 Å². The van der Waals surface area contributed by atoms with Crippen LogP contribution in [-0.4, -0.2) is 42.2 Å². The first-order chi connectivity index (χ1) is 10.5. The number of benzene rings is 1. The molecule has 0 unspecified atom stereocenters. The summed E-state index contributed by atoms with van der Waals surface area (Å²) in [5, 5.41) is 2.78. The van der Waals surface area contributed by atoms with Gasteiger partial charge in [0.2, 0.25) is 12.1 Å². The Hall–Kier alpha value is -0.780. The Labute approximate surface area is 145 Å². The minimum absolute atomic E-state index is 0.292. The van der Waals surface area contributed by atoms with Crippen molar-refractivity contribution in [3.8, 4) is 0 Å². The number of quaternary nitrogens is 1. The number of hydrogen-bond donors (Lipinski definition) is 2. The predicted octanol–water partition coefficient (Wildman–Crippen LogP) is 1.43. The summed E-state index contributed by atoms with van der Waals surface area (Å²) < 4.78 is 3.72. The molecule has 1 amide bonds. The molecule has 120 valence electrons. The summed E-state index contributed by atoms with van der Waals surface area (Å²) in [5.41, 5.74) is 0.932. The van der Waals surface area contributed by atoms with E-state index in [1.54, 1.807) is 6.08 Å². The summed E-state index contributed by atoms with van der Waals surface area (Å²) in [4.78, 5) is 13.1. The van der Waals surface area contributed by atoms with Crippen LogP contribution in [0.4, 0.5) is 0 Å². The molecule has 1 saturated heterocycles. The van der Waals surface area contributed by atoms with Crippen LogP contribution in [0.25, 0.3) is 6.08 Å². The molecule has 2 N–H and O–H groups in total. The van der Waals surface area contributed by atoms with Gasteiger partial charge < -0.3 is 9.64 Å². The van der Waals surface area contributed by atoms with Crippen LogP contribution in [0.1, 0.15) is 5.56 Å². The van der Waals surface area contributed by atoms with Crippen LogP contribution in [0, 0.1) is 0 Å². The van der Waals surface area contributed by atoms with Crippen molar-refractivity contribution < 1.29 is 14.4 Å². The Morgan fingerprint density at radius 2 is 1.86 bits per heavy atom. The quantitative estimate of drug-likeness (QED) is 0.627. The fourth-order valence-electron chi connectivity index (χ4n) is 2.26. The van der Waals surface area contributed by atoms with E-state index in [4.69, 9.17) is 39.5 Å². The third-order valence-corrected chi connectivity index (χ3v) is 4.04. The lowest BCUT2D eigenvalue weighted by molar-refractivity contribution is -0.934. The van der Waals surface area contributed by atoms with Crippen molar-refractivity contribution in [1.29, 1.82) is 0 Å². The Morgan fingerprint density at radius 3 is 2.45 bits per heavy atom. The van der Waals surface area contributed by atoms with E-state index < -0.39 is 9.96 Å². The average Bonchev–Trinajstić information content (AvgIpc) is 2.51. The second-order valence-corrected chi connectivity index (χ2v) is 7.37. The number of carbonyl (C=O) groups excluding carboxylic acids is 1. The lowest BCUT2D eigenvalue weighted by atomic mass is 10.2. The minimum atomic E-state index is -1.58. The fraction of sp³-hybridized carbons (Fsp3) is 0.400. The van der Waals surface area contributed by atoms with Gasteiger partial charge in [0.15, 0.2) is 0 Å². The van der Waals surface area contributed by atoms with Crippen molar-refractivity contribution in [2.24, 2.45) is 0 Å². The highest BCUT2D eigenvalue weighted by Crippen LogP contribution is 2.27. The third-order valence-electron chi connectivity index (χ3n) is 3.38. The van der Waals surface area contributed by atoms with Gasteiger partial charge in [0.1, 0.15) is 13.1 Å². The van der Waals surface area contributed by atoms with Gasteiger partial charge in [0, 0.05) is 6.08 Å². The molecule has 7 heteroatoms. The van der Waals surface area contributed by atoms with Gasteiger partial charge in [0.25, 0.3) is 3.79 Å². The molecule has 1 atom stereocenters. The molecule has 1 aromatic rings. The molecule has 0 saturated carbocycles. The van der Waals surface area contributed by atoms with Crippen molar-refractivity contribution in [2.45, 2.75) is 9.96 Å².